The molecule has 0 aliphatic carbocycles. The van der Waals surface area contributed by atoms with Crippen molar-refractivity contribution in [2.24, 2.45) is 5.41 Å². The van der Waals surface area contributed by atoms with Crippen LogP contribution < -0.4 is 0 Å². The van der Waals surface area contributed by atoms with Crippen LogP contribution in [0.25, 0.3) is 0 Å². The third-order valence-electron chi connectivity index (χ3n) is 1.74. The highest BCUT2D eigenvalue weighted by Crippen LogP contribution is 2.34. The van der Waals surface area contributed by atoms with Crippen LogP contribution in [-0.4, -0.2) is 18.0 Å². The number of carbonyl (C=O) groups excluding carboxylic acids is 1. The van der Waals surface area contributed by atoms with Gasteiger partial charge in [-0.3, -0.25) is 4.79 Å². The zero-order valence-corrected chi connectivity index (χ0v) is 7.02. The van der Waals surface area contributed by atoms with E-state index in [-0.39, 0.29) is 11.2 Å². The number of carbonyl (C=O) groups is 1. The summed E-state index contributed by atoms with van der Waals surface area (Å²) < 4.78 is 5.03. The van der Waals surface area contributed by atoms with E-state index in [0.29, 0.717) is 6.61 Å². The molecule has 0 amide bonds. The molecular formula is C8H14O2. The number of hydrogen-bond donors (Lipinski definition) is 0. The highest BCUT2D eigenvalue weighted by molar-refractivity contribution is 5.93. The van der Waals surface area contributed by atoms with Crippen LogP contribution >= 0.6 is 0 Å². The molecule has 0 N–H and O–H groups in total. The van der Waals surface area contributed by atoms with Gasteiger partial charge < -0.3 is 4.74 Å². The summed E-state index contributed by atoms with van der Waals surface area (Å²) >= 11 is 0. The van der Waals surface area contributed by atoms with E-state index < -0.39 is 5.60 Å². The molecule has 1 aliphatic heterocycles. The van der Waals surface area contributed by atoms with Crippen molar-refractivity contribution in [3.05, 3.63) is 0 Å². The first-order chi connectivity index (χ1) is 4.36. The van der Waals surface area contributed by atoms with Gasteiger partial charge in [0.1, 0.15) is 5.60 Å². The minimum absolute atomic E-state index is 0.208. The molecule has 0 aromatic rings. The summed E-state index contributed by atoms with van der Waals surface area (Å²) in [4.78, 5) is 11.4. The molecule has 58 valence electrons. The van der Waals surface area contributed by atoms with Crippen molar-refractivity contribution in [2.45, 2.75) is 33.3 Å². The van der Waals surface area contributed by atoms with Gasteiger partial charge in [0, 0.05) is 5.41 Å². The van der Waals surface area contributed by atoms with E-state index in [1.54, 1.807) is 0 Å². The van der Waals surface area contributed by atoms with Crippen LogP contribution in [0.2, 0.25) is 0 Å². The van der Waals surface area contributed by atoms with Crippen LogP contribution in [0.5, 0.6) is 0 Å². The standard InChI is InChI=1S/C8H14O2/c1-7(2,3)6(9)8(4)5-10-8/h5H2,1-4H3/t8-/m1/s1. The van der Waals surface area contributed by atoms with Crippen LogP contribution in [-0.2, 0) is 9.53 Å². The van der Waals surface area contributed by atoms with Gasteiger partial charge >= 0.3 is 0 Å². The molecule has 0 aromatic heterocycles. The average Bonchev–Trinajstić information content (AvgIpc) is 2.45. The third kappa shape index (κ3) is 1.21. The van der Waals surface area contributed by atoms with Crippen molar-refractivity contribution in [1.29, 1.82) is 0 Å². The fraction of sp³-hybridized carbons (Fsp3) is 0.875. The predicted octanol–water partition coefficient (Wildman–Crippen LogP) is 1.39. The Balaban J connectivity index is 2.67. The number of rotatable bonds is 1. The minimum atomic E-state index is -0.446. The summed E-state index contributed by atoms with van der Waals surface area (Å²) in [5, 5.41) is 0. The zero-order chi connectivity index (χ0) is 7.99. The molecule has 1 rings (SSSR count). The lowest BCUT2D eigenvalue weighted by molar-refractivity contribution is -0.131. The predicted molar refractivity (Wildman–Crippen MR) is 38.8 cm³/mol. The van der Waals surface area contributed by atoms with Gasteiger partial charge in [-0.15, -0.1) is 0 Å². The van der Waals surface area contributed by atoms with Gasteiger partial charge in [-0.2, -0.15) is 0 Å². The van der Waals surface area contributed by atoms with Crippen LogP contribution in [0.15, 0.2) is 0 Å². The Morgan fingerprint density at radius 2 is 1.90 bits per heavy atom. The molecule has 0 radical (unpaired) electrons. The molecule has 1 aliphatic rings. The maximum Gasteiger partial charge on any atom is 0.172 e. The third-order valence-corrected chi connectivity index (χ3v) is 1.74. The van der Waals surface area contributed by atoms with E-state index in [9.17, 15) is 4.79 Å². The number of epoxide rings is 1. The number of hydrogen-bond acceptors (Lipinski definition) is 2. The Morgan fingerprint density at radius 1 is 1.50 bits per heavy atom. The first kappa shape index (κ1) is 7.73. The topological polar surface area (TPSA) is 29.6 Å². The molecule has 0 spiro atoms. The second kappa shape index (κ2) is 1.82. The van der Waals surface area contributed by atoms with Gasteiger partial charge in [0.2, 0.25) is 0 Å². The van der Waals surface area contributed by atoms with Crippen molar-refractivity contribution in [3.8, 4) is 0 Å². The minimum Gasteiger partial charge on any atom is -0.362 e. The van der Waals surface area contributed by atoms with E-state index in [0.717, 1.165) is 0 Å². The molecule has 0 bridgehead atoms. The van der Waals surface area contributed by atoms with E-state index in [2.05, 4.69) is 0 Å². The fourth-order valence-corrected chi connectivity index (χ4v) is 1.03. The van der Waals surface area contributed by atoms with Crippen molar-refractivity contribution in [1.82, 2.24) is 0 Å². The van der Waals surface area contributed by atoms with E-state index in [1.807, 2.05) is 27.7 Å². The molecule has 1 fully saturated rings. The lowest BCUT2D eigenvalue weighted by atomic mass is 9.84. The molecule has 0 aromatic carbocycles. The van der Waals surface area contributed by atoms with Gasteiger partial charge in [-0.05, 0) is 6.92 Å². The molecule has 1 atom stereocenters. The second-order valence-electron chi connectivity index (χ2n) is 4.10. The number of Topliss-reactive ketones (excluding diaryl/α,β-unsaturated/α-hetero) is 1. The summed E-state index contributed by atoms with van der Waals surface area (Å²) in [6.45, 7) is 8.20. The van der Waals surface area contributed by atoms with Crippen molar-refractivity contribution < 1.29 is 9.53 Å². The Hall–Kier alpha value is -0.370. The molecule has 1 saturated heterocycles. The van der Waals surface area contributed by atoms with E-state index >= 15 is 0 Å². The SMILES string of the molecule is CC(C)(C)C(=O)[C@@]1(C)CO1. The highest BCUT2D eigenvalue weighted by atomic mass is 16.6. The van der Waals surface area contributed by atoms with Crippen molar-refractivity contribution >= 4 is 5.78 Å². The molecule has 0 unspecified atom stereocenters. The van der Waals surface area contributed by atoms with Gasteiger partial charge in [0.05, 0.1) is 6.61 Å². The first-order valence-corrected chi connectivity index (χ1v) is 3.55. The summed E-state index contributed by atoms with van der Waals surface area (Å²) in [6, 6.07) is 0. The van der Waals surface area contributed by atoms with E-state index in [4.69, 9.17) is 4.74 Å². The quantitative estimate of drug-likeness (QED) is 0.518. The van der Waals surface area contributed by atoms with E-state index in [1.165, 1.54) is 0 Å². The van der Waals surface area contributed by atoms with Gasteiger partial charge in [0.25, 0.3) is 0 Å². The Morgan fingerprint density at radius 3 is 2.00 bits per heavy atom. The lowest BCUT2D eigenvalue weighted by Gasteiger charge is -2.18. The number of ether oxygens (including phenoxy) is 1. The highest BCUT2D eigenvalue weighted by Gasteiger charge is 2.50. The Bertz CT molecular complexity index is 153. The summed E-state index contributed by atoms with van der Waals surface area (Å²) in [5.74, 6) is 0.208. The van der Waals surface area contributed by atoms with Crippen LogP contribution in [0.3, 0.4) is 0 Å². The van der Waals surface area contributed by atoms with Gasteiger partial charge in [-0.25, -0.2) is 0 Å². The van der Waals surface area contributed by atoms with Crippen LogP contribution in [0, 0.1) is 5.41 Å². The molecule has 0 saturated carbocycles. The van der Waals surface area contributed by atoms with Crippen molar-refractivity contribution in [2.75, 3.05) is 6.61 Å². The molecule has 2 nitrogen and oxygen atoms in total. The fourth-order valence-electron chi connectivity index (χ4n) is 1.03. The first-order valence-electron chi connectivity index (χ1n) is 3.55. The Labute approximate surface area is 61.6 Å². The maximum absolute atomic E-state index is 11.4. The van der Waals surface area contributed by atoms with Crippen LogP contribution in [0.4, 0.5) is 0 Å². The molecular weight excluding hydrogens is 128 g/mol. The van der Waals surface area contributed by atoms with Gasteiger partial charge in [-0.1, -0.05) is 20.8 Å². The molecule has 1 heterocycles. The lowest BCUT2D eigenvalue weighted by Crippen LogP contribution is -2.32. The summed E-state index contributed by atoms with van der Waals surface area (Å²) in [6.07, 6.45) is 0. The Kier molecular flexibility index (Phi) is 1.40. The average molecular weight is 142 g/mol. The maximum atomic E-state index is 11.4. The summed E-state index contributed by atoms with van der Waals surface area (Å²) in [7, 11) is 0. The van der Waals surface area contributed by atoms with Crippen molar-refractivity contribution in [3.63, 3.8) is 0 Å². The second-order valence-corrected chi connectivity index (χ2v) is 4.10. The monoisotopic (exact) mass is 142 g/mol. The largest absolute Gasteiger partial charge is 0.362 e. The molecule has 10 heavy (non-hydrogen) atoms. The normalized spacial score (nSPS) is 32.0. The number of ketones is 1. The van der Waals surface area contributed by atoms with Crippen LogP contribution in [0.1, 0.15) is 27.7 Å². The smallest absolute Gasteiger partial charge is 0.172 e. The van der Waals surface area contributed by atoms with Gasteiger partial charge in [0.15, 0.2) is 5.78 Å². The molecule has 2 heteroatoms. The summed E-state index contributed by atoms with van der Waals surface area (Å²) in [5.41, 5.74) is -0.705. The zero-order valence-electron chi connectivity index (χ0n) is 7.02.